The zero-order chi connectivity index (χ0) is 12.9. The molecule has 0 aromatic heterocycles. The molecule has 2 N–H and O–H groups in total. The Labute approximate surface area is 147 Å². The summed E-state index contributed by atoms with van der Waals surface area (Å²) < 4.78 is 0. The van der Waals surface area contributed by atoms with Crippen LogP contribution in [0.4, 0.5) is 0 Å². The Kier molecular flexibility index (Phi) is 8.19. The lowest BCUT2D eigenvalue weighted by Gasteiger charge is -2.21. The van der Waals surface area contributed by atoms with Gasteiger partial charge in [0.2, 0.25) is 0 Å². The lowest BCUT2D eigenvalue weighted by Crippen LogP contribution is -2.33. The predicted octanol–water partition coefficient (Wildman–Crippen LogP) is 4.04. The van der Waals surface area contributed by atoms with Crippen molar-refractivity contribution in [1.82, 2.24) is 10.6 Å². The molecule has 0 aliphatic carbocycles. The van der Waals surface area contributed by atoms with E-state index in [9.17, 15) is 0 Å². The third kappa shape index (κ3) is 4.92. The van der Waals surface area contributed by atoms with Gasteiger partial charge in [0.25, 0.3) is 0 Å². The van der Waals surface area contributed by atoms with Crippen molar-refractivity contribution >= 4 is 34.0 Å². The van der Waals surface area contributed by atoms with Crippen LogP contribution in [0.2, 0.25) is 0 Å². The average molecular weight is 414 g/mol. The van der Waals surface area contributed by atoms with E-state index in [1.165, 1.54) is 17.5 Å². The van der Waals surface area contributed by atoms with Crippen molar-refractivity contribution in [2.75, 3.05) is 6.54 Å². The van der Waals surface area contributed by atoms with Gasteiger partial charge in [0.15, 0.2) is 0 Å². The van der Waals surface area contributed by atoms with Crippen LogP contribution in [0.15, 0.2) is 60.7 Å². The first-order valence-electron chi connectivity index (χ1n) is 6.99. The molecule has 2 aromatic carbocycles. The molecule has 1 aliphatic heterocycles. The number of hydrogen-bond donors (Lipinski definition) is 2. The molecule has 2 nitrogen and oxygen atoms in total. The first kappa shape index (κ1) is 18.4. The van der Waals surface area contributed by atoms with Gasteiger partial charge in [-0.1, -0.05) is 60.7 Å². The van der Waals surface area contributed by atoms with Crippen molar-refractivity contribution in [2.24, 2.45) is 0 Å². The zero-order valence-electron chi connectivity index (χ0n) is 11.9. The summed E-state index contributed by atoms with van der Waals surface area (Å²) in [7, 11) is 0. The van der Waals surface area contributed by atoms with E-state index in [0.717, 1.165) is 13.1 Å². The quantitative estimate of drug-likeness (QED) is 0.790. The standard InChI is InChI=1S/C17H20N2.2BrH/c1-3-7-14(8-4-1)13-19-16-11-12-18-17(16)15-9-5-2-6-10-15;;/h1-10,16-19H,11-13H2;2*1H/t16-,17-;;/m1../s1. The third-order valence-corrected chi connectivity index (χ3v) is 3.79. The second kappa shape index (κ2) is 9.36. The Morgan fingerprint density at radius 3 is 2.19 bits per heavy atom. The van der Waals surface area contributed by atoms with Gasteiger partial charge in [-0.3, -0.25) is 0 Å². The molecule has 1 aliphatic rings. The molecule has 2 aromatic rings. The molecule has 3 rings (SSSR count). The highest BCUT2D eigenvalue weighted by atomic mass is 79.9. The largest absolute Gasteiger partial charge is 0.309 e. The van der Waals surface area contributed by atoms with Gasteiger partial charge >= 0.3 is 0 Å². The van der Waals surface area contributed by atoms with Crippen LogP contribution in [0.25, 0.3) is 0 Å². The second-order valence-electron chi connectivity index (χ2n) is 5.10. The molecule has 0 unspecified atom stereocenters. The number of nitrogens with one attached hydrogen (secondary N) is 2. The van der Waals surface area contributed by atoms with Gasteiger partial charge in [0, 0.05) is 18.6 Å². The van der Waals surface area contributed by atoms with Gasteiger partial charge in [-0.15, -0.1) is 34.0 Å². The maximum absolute atomic E-state index is 3.68. The molecule has 0 saturated carbocycles. The van der Waals surface area contributed by atoms with E-state index in [2.05, 4.69) is 71.3 Å². The zero-order valence-corrected chi connectivity index (χ0v) is 15.3. The van der Waals surface area contributed by atoms with E-state index < -0.39 is 0 Å². The van der Waals surface area contributed by atoms with Crippen LogP contribution in [-0.2, 0) is 6.54 Å². The van der Waals surface area contributed by atoms with E-state index in [-0.39, 0.29) is 34.0 Å². The summed E-state index contributed by atoms with van der Waals surface area (Å²) in [5.74, 6) is 0. The minimum absolute atomic E-state index is 0. The van der Waals surface area contributed by atoms with E-state index in [1.54, 1.807) is 0 Å². The minimum atomic E-state index is 0. The fraction of sp³-hybridized carbons (Fsp3) is 0.294. The summed E-state index contributed by atoms with van der Waals surface area (Å²) in [6.45, 7) is 2.03. The lowest BCUT2D eigenvalue weighted by atomic mass is 10.0. The SMILES string of the molecule is Br.Br.c1ccc(CN[C@@H]2CCN[C@@H]2c2ccccc2)cc1. The fourth-order valence-electron chi connectivity index (χ4n) is 2.78. The maximum atomic E-state index is 3.68. The van der Waals surface area contributed by atoms with Gasteiger partial charge in [0.05, 0.1) is 0 Å². The fourth-order valence-corrected chi connectivity index (χ4v) is 2.78. The molecule has 0 bridgehead atoms. The Morgan fingerprint density at radius 2 is 1.52 bits per heavy atom. The molecule has 0 amide bonds. The Morgan fingerprint density at radius 1 is 0.905 bits per heavy atom. The van der Waals surface area contributed by atoms with E-state index in [1.807, 2.05) is 0 Å². The smallest absolute Gasteiger partial charge is 0.0476 e. The molecule has 1 fully saturated rings. The van der Waals surface area contributed by atoms with Gasteiger partial charge in [-0.2, -0.15) is 0 Å². The van der Waals surface area contributed by atoms with Crippen LogP contribution >= 0.6 is 34.0 Å². The maximum Gasteiger partial charge on any atom is 0.0476 e. The monoisotopic (exact) mass is 412 g/mol. The Balaban J connectivity index is 0.00000110. The normalized spacial score (nSPS) is 20.4. The van der Waals surface area contributed by atoms with Crippen molar-refractivity contribution in [3.63, 3.8) is 0 Å². The van der Waals surface area contributed by atoms with Crippen molar-refractivity contribution in [2.45, 2.75) is 25.0 Å². The van der Waals surface area contributed by atoms with Gasteiger partial charge < -0.3 is 10.6 Å². The van der Waals surface area contributed by atoms with E-state index in [4.69, 9.17) is 0 Å². The Bertz CT molecular complexity index is 505. The topological polar surface area (TPSA) is 24.1 Å². The minimum Gasteiger partial charge on any atom is -0.309 e. The summed E-state index contributed by atoms with van der Waals surface area (Å²) in [5, 5.41) is 7.28. The summed E-state index contributed by atoms with van der Waals surface area (Å²) in [6, 6.07) is 22.3. The van der Waals surface area contributed by atoms with Crippen molar-refractivity contribution in [3.8, 4) is 0 Å². The summed E-state index contributed by atoms with van der Waals surface area (Å²) in [5.41, 5.74) is 2.73. The molecular weight excluding hydrogens is 392 g/mol. The van der Waals surface area contributed by atoms with Crippen LogP contribution in [0, 0.1) is 0 Å². The van der Waals surface area contributed by atoms with Crippen LogP contribution < -0.4 is 10.6 Å². The van der Waals surface area contributed by atoms with Crippen LogP contribution in [0.5, 0.6) is 0 Å². The summed E-state index contributed by atoms with van der Waals surface area (Å²) >= 11 is 0. The molecule has 2 atom stereocenters. The van der Waals surface area contributed by atoms with E-state index in [0.29, 0.717) is 12.1 Å². The molecule has 1 saturated heterocycles. The number of benzene rings is 2. The van der Waals surface area contributed by atoms with Gasteiger partial charge in [0.1, 0.15) is 0 Å². The highest BCUT2D eigenvalue weighted by Crippen LogP contribution is 2.23. The first-order valence-corrected chi connectivity index (χ1v) is 6.99. The molecule has 0 spiro atoms. The van der Waals surface area contributed by atoms with Crippen molar-refractivity contribution in [1.29, 1.82) is 0 Å². The average Bonchev–Trinajstić information content (AvgIpc) is 2.95. The predicted molar refractivity (Wildman–Crippen MR) is 99.5 cm³/mol. The first-order chi connectivity index (χ1) is 9.43. The molecule has 4 heteroatoms. The molecule has 114 valence electrons. The lowest BCUT2D eigenvalue weighted by molar-refractivity contribution is 0.461. The van der Waals surface area contributed by atoms with Crippen LogP contribution in [0.3, 0.4) is 0 Å². The van der Waals surface area contributed by atoms with Gasteiger partial charge in [-0.25, -0.2) is 0 Å². The molecular formula is C17H22Br2N2. The second-order valence-corrected chi connectivity index (χ2v) is 5.10. The van der Waals surface area contributed by atoms with Crippen LogP contribution in [-0.4, -0.2) is 12.6 Å². The molecule has 0 radical (unpaired) electrons. The number of rotatable bonds is 4. The highest BCUT2D eigenvalue weighted by molar-refractivity contribution is 8.93. The highest BCUT2D eigenvalue weighted by Gasteiger charge is 2.27. The number of hydrogen-bond acceptors (Lipinski definition) is 2. The molecule has 1 heterocycles. The van der Waals surface area contributed by atoms with E-state index >= 15 is 0 Å². The van der Waals surface area contributed by atoms with Gasteiger partial charge in [-0.05, 0) is 24.1 Å². The third-order valence-electron chi connectivity index (χ3n) is 3.79. The Hall–Kier alpha value is -0.680. The summed E-state index contributed by atoms with van der Waals surface area (Å²) in [4.78, 5) is 0. The van der Waals surface area contributed by atoms with Crippen molar-refractivity contribution in [3.05, 3.63) is 71.8 Å². The number of halogens is 2. The molecule has 21 heavy (non-hydrogen) atoms. The van der Waals surface area contributed by atoms with Crippen LogP contribution in [0.1, 0.15) is 23.6 Å². The van der Waals surface area contributed by atoms with Crippen molar-refractivity contribution < 1.29 is 0 Å². The summed E-state index contributed by atoms with van der Waals surface area (Å²) in [6.07, 6.45) is 1.19.